The Balaban J connectivity index is 2.06. The van der Waals surface area contributed by atoms with Crippen molar-refractivity contribution in [2.45, 2.75) is 13.0 Å². The van der Waals surface area contributed by atoms with Gasteiger partial charge in [0.05, 0.1) is 24.4 Å². The summed E-state index contributed by atoms with van der Waals surface area (Å²) in [5.74, 6) is -1.07. The van der Waals surface area contributed by atoms with Crippen LogP contribution in [0.3, 0.4) is 0 Å². The van der Waals surface area contributed by atoms with E-state index in [0.717, 1.165) is 22.4 Å². The molecular weight excluding hydrogens is 322 g/mol. The van der Waals surface area contributed by atoms with Crippen LogP contribution in [0.2, 0.25) is 0 Å². The molecule has 3 N–H and O–H groups in total. The van der Waals surface area contributed by atoms with Gasteiger partial charge in [0.2, 0.25) is 0 Å². The summed E-state index contributed by atoms with van der Waals surface area (Å²) < 4.78 is 4.45. The number of hydrogen-bond acceptors (Lipinski definition) is 5. The number of aliphatic hydroxyl groups is 1. The Bertz CT molecular complexity index is 989. The second kappa shape index (κ2) is 6.74. The zero-order chi connectivity index (χ0) is 18.0. The predicted molar refractivity (Wildman–Crippen MR) is 92.9 cm³/mol. The van der Waals surface area contributed by atoms with E-state index < -0.39 is 18.0 Å². The van der Waals surface area contributed by atoms with Crippen LogP contribution >= 0.6 is 0 Å². The molecule has 0 aliphatic heterocycles. The van der Waals surface area contributed by atoms with Crippen LogP contribution < -0.4 is 5.32 Å². The van der Waals surface area contributed by atoms with E-state index in [1.165, 1.54) is 13.3 Å². The molecule has 2 aromatic heterocycles. The van der Waals surface area contributed by atoms with Crippen molar-refractivity contribution in [2.24, 2.45) is 0 Å². The lowest BCUT2D eigenvalue weighted by Crippen LogP contribution is -2.20. The third-order valence-electron chi connectivity index (χ3n) is 3.79. The number of ether oxygens (including phenoxy) is 1. The van der Waals surface area contributed by atoms with E-state index in [9.17, 15) is 14.7 Å². The number of carbonyl (C=O) groups is 2. The Morgan fingerprint density at radius 2 is 2.08 bits per heavy atom. The van der Waals surface area contributed by atoms with E-state index in [4.69, 9.17) is 0 Å². The standard InChI is InChI=1S/C18H17N3O4/c1-10(22)16-17-12(11-5-3-4-6-13(11)20-17)9-14(21-16)18(24)19-8-7-15(23)25-2/h3-10,20,22H,1-2H3,(H,19,24)/b8-7-. The Kier molecular flexibility index (Phi) is 4.49. The van der Waals surface area contributed by atoms with Gasteiger partial charge in [-0.1, -0.05) is 18.2 Å². The molecule has 1 unspecified atom stereocenters. The molecule has 7 heteroatoms. The number of aromatic amines is 1. The molecule has 3 rings (SSSR count). The summed E-state index contributed by atoms with van der Waals surface area (Å²) in [6.45, 7) is 1.59. The van der Waals surface area contributed by atoms with Crippen LogP contribution in [-0.2, 0) is 9.53 Å². The van der Waals surface area contributed by atoms with Gasteiger partial charge in [-0.3, -0.25) is 4.79 Å². The first-order valence-corrected chi connectivity index (χ1v) is 7.66. The van der Waals surface area contributed by atoms with Gasteiger partial charge in [0, 0.05) is 28.6 Å². The lowest BCUT2D eigenvalue weighted by Gasteiger charge is -2.08. The molecule has 3 aromatic rings. The number of fused-ring (bicyclic) bond motifs is 3. The molecule has 0 aliphatic rings. The Labute approximate surface area is 143 Å². The van der Waals surface area contributed by atoms with Gasteiger partial charge in [-0.2, -0.15) is 0 Å². The highest BCUT2D eigenvalue weighted by Crippen LogP contribution is 2.30. The zero-order valence-corrected chi connectivity index (χ0v) is 13.7. The number of benzene rings is 1. The van der Waals surface area contributed by atoms with Gasteiger partial charge >= 0.3 is 5.97 Å². The van der Waals surface area contributed by atoms with Crippen molar-refractivity contribution in [3.8, 4) is 0 Å². The number of aliphatic hydroxyl groups excluding tert-OH is 1. The molecule has 0 fully saturated rings. The molecule has 1 aromatic carbocycles. The number of hydrogen-bond donors (Lipinski definition) is 3. The summed E-state index contributed by atoms with van der Waals surface area (Å²) in [5.41, 5.74) is 2.11. The SMILES string of the molecule is COC(=O)/C=C\NC(=O)c1cc2c([nH]c3ccccc32)c(C(C)O)n1. The summed E-state index contributed by atoms with van der Waals surface area (Å²) in [6, 6.07) is 9.30. The minimum atomic E-state index is -0.853. The number of nitrogens with one attached hydrogen (secondary N) is 2. The maximum Gasteiger partial charge on any atom is 0.331 e. The van der Waals surface area contributed by atoms with Crippen molar-refractivity contribution >= 4 is 33.7 Å². The average molecular weight is 339 g/mol. The van der Waals surface area contributed by atoms with Gasteiger partial charge < -0.3 is 20.1 Å². The summed E-state index contributed by atoms with van der Waals surface area (Å²) in [4.78, 5) is 30.9. The van der Waals surface area contributed by atoms with Crippen LogP contribution in [0.5, 0.6) is 0 Å². The lowest BCUT2D eigenvalue weighted by atomic mass is 10.1. The van der Waals surface area contributed by atoms with E-state index in [-0.39, 0.29) is 5.69 Å². The third kappa shape index (κ3) is 3.22. The summed E-state index contributed by atoms with van der Waals surface area (Å²) in [5, 5.41) is 14.2. The molecule has 0 saturated heterocycles. The maximum absolute atomic E-state index is 12.3. The number of esters is 1. The first kappa shape index (κ1) is 16.7. The molecular formula is C18H17N3O4. The smallest absolute Gasteiger partial charge is 0.331 e. The third-order valence-corrected chi connectivity index (χ3v) is 3.79. The van der Waals surface area contributed by atoms with Gasteiger partial charge in [0.1, 0.15) is 5.69 Å². The number of methoxy groups -OCH3 is 1. The van der Waals surface area contributed by atoms with Crippen LogP contribution in [0, 0.1) is 0 Å². The number of rotatable bonds is 4. The number of aromatic nitrogens is 2. The molecule has 2 heterocycles. The molecule has 1 atom stereocenters. The number of carbonyl (C=O) groups excluding carboxylic acids is 2. The van der Waals surface area contributed by atoms with E-state index in [1.54, 1.807) is 13.0 Å². The van der Waals surface area contributed by atoms with Crippen LogP contribution in [0.25, 0.3) is 21.8 Å². The molecule has 128 valence electrons. The van der Waals surface area contributed by atoms with Gasteiger partial charge in [-0.05, 0) is 19.1 Å². The second-order valence-corrected chi connectivity index (χ2v) is 5.49. The minimum absolute atomic E-state index is 0.141. The molecule has 0 radical (unpaired) electrons. The van der Waals surface area contributed by atoms with Gasteiger partial charge in [0.25, 0.3) is 5.91 Å². The monoisotopic (exact) mass is 339 g/mol. The summed E-state index contributed by atoms with van der Waals surface area (Å²) in [7, 11) is 1.25. The van der Waals surface area contributed by atoms with Crippen molar-refractivity contribution in [2.75, 3.05) is 7.11 Å². The first-order chi connectivity index (χ1) is 12.0. The Morgan fingerprint density at radius 3 is 2.80 bits per heavy atom. The fraction of sp³-hybridized carbons (Fsp3) is 0.167. The predicted octanol–water partition coefficient (Wildman–Crippen LogP) is 2.19. The fourth-order valence-electron chi connectivity index (χ4n) is 2.62. The van der Waals surface area contributed by atoms with Crippen LogP contribution in [0.15, 0.2) is 42.6 Å². The van der Waals surface area contributed by atoms with E-state index >= 15 is 0 Å². The Morgan fingerprint density at radius 1 is 1.32 bits per heavy atom. The second-order valence-electron chi connectivity index (χ2n) is 5.49. The molecule has 25 heavy (non-hydrogen) atoms. The van der Waals surface area contributed by atoms with E-state index in [1.807, 2.05) is 24.3 Å². The highest BCUT2D eigenvalue weighted by Gasteiger charge is 2.17. The summed E-state index contributed by atoms with van der Waals surface area (Å²) in [6.07, 6.45) is 1.43. The highest BCUT2D eigenvalue weighted by molar-refractivity contribution is 6.10. The highest BCUT2D eigenvalue weighted by atomic mass is 16.5. The van der Waals surface area contributed by atoms with Gasteiger partial charge in [-0.25, -0.2) is 9.78 Å². The number of nitrogens with zero attached hydrogens (tertiary/aromatic N) is 1. The molecule has 0 spiro atoms. The average Bonchev–Trinajstić information content (AvgIpc) is 2.99. The number of pyridine rings is 1. The molecule has 7 nitrogen and oxygen atoms in total. The van der Waals surface area contributed by atoms with E-state index in [2.05, 4.69) is 20.0 Å². The Hall–Kier alpha value is -3.19. The molecule has 0 saturated carbocycles. The molecule has 1 amide bonds. The van der Waals surface area contributed by atoms with Crippen molar-refractivity contribution in [3.05, 3.63) is 54.0 Å². The van der Waals surface area contributed by atoms with Crippen molar-refractivity contribution in [1.29, 1.82) is 0 Å². The number of para-hydroxylation sites is 1. The van der Waals surface area contributed by atoms with Crippen LogP contribution in [0.4, 0.5) is 0 Å². The van der Waals surface area contributed by atoms with Gasteiger partial charge in [0.15, 0.2) is 0 Å². The van der Waals surface area contributed by atoms with Gasteiger partial charge in [-0.15, -0.1) is 0 Å². The van der Waals surface area contributed by atoms with Crippen LogP contribution in [-0.4, -0.2) is 34.1 Å². The minimum Gasteiger partial charge on any atom is -0.466 e. The molecule has 0 aliphatic carbocycles. The lowest BCUT2D eigenvalue weighted by molar-refractivity contribution is -0.134. The fourth-order valence-corrected chi connectivity index (χ4v) is 2.62. The van der Waals surface area contributed by atoms with Crippen molar-refractivity contribution < 1.29 is 19.4 Å². The quantitative estimate of drug-likeness (QED) is 0.499. The normalized spacial score (nSPS) is 12.6. The van der Waals surface area contributed by atoms with Crippen molar-refractivity contribution in [3.63, 3.8) is 0 Å². The van der Waals surface area contributed by atoms with Crippen LogP contribution in [0.1, 0.15) is 29.2 Å². The molecule has 0 bridgehead atoms. The first-order valence-electron chi connectivity index (χ1n) is 7.66. The number of amides is 1. The van der Waals surface area contributed by atoms with E-state index in [0.29, 0.717) is 11.2 Å². The topological polar surface area (TPSA) is 104 Å². The zero-order valence-electron chi connectivity index (χ0n) is 13.7. The number of H-pyrrole nitrogens is 1. The largest absolute Gasteiger partial charge is 0.466 e. The summed E-state index contributed by atoms with van der Waals surface area (Å²) >= 11 is 0. The van der Waals surface area contributed by atoms with Crippen molar-refractivity contribution in [1.82, 2.24) is 15.3 Å². The maximum atomic E-state index is 12.3.